The molecule has 2 aromatic rings. The van der Waals surface area contributed by atoms with Gasteiger partial charge in [-0.3, -0.25) is 9.59 Å². The number of amides is 1. The first-order chi connectivity index (χ1) is 10.5. The maximum atomic E-state index is 12.0. The van der Waals surface area contributed by atoms with E-state index >= 15 is 0 Å². The van der Waals surface area contributed by atoms with Gasteiger partial charge in [-0.25, -0.2) is 4.79 Å². The summed E-state index contributed by atoms with van der Waals surface area (Å²) in [5.74, 6) is -1.39. The summed E-state index contributed by atoms with van der Waals surface area (Å²) in [6.45, 7) is 1.41. The van der Waals surface area contributed by atoms with Crippen molar-refractivity contribution in [1.29, 1.82) is 0 Å². The number of aromatic amines is 1. The number of carbonyl (C=O) groups is 2. The number of nitrogens with one attached hydrogen (secondary N) is 2. The van der Waals surface area contributed by atoms with Crippen LogP contribution in [0.15, 0.2) is 47.4 Å². The van der Waals surface area contributed by atoms with Crippen molar-refractivity contribution in [2.45, 2.75) is 13.0 Å². The monoisotopic (exact) mass is 320 g/mol. The lowest BCUT2D eigenvalue weighted by molar-refractivity contribution is -0.123. The highest BCUT2D eigenvalue weighted by Gasteiger charge is 2.20. The lowest BCUT2D eigenvalue weighted by Crippen LogP contribution is -2.31. The van der Waals surface area contributed by atoms with Crippen molar-refractivity contribution in [3.05, 3.63) is 63.5 Å². The number of benzene rings is 1. The fourth-order valence-corrected chi connectivity index (χ4v) is 1.86. The van der Waals surface area contributed by atoms with Crippen LogP contribution >= 0.6 is 11.6 Å². The van der Waals surface area contributed by atoms with E-state index in [1.165, 1.54) is 25.3 Å². The number of halogens is 1. The third-order valence-electron chi connectivity index (χ3n) is 2.78. The summed E-state index contributed by atoms with van der Waals surface area (Å²) in [7, 11) is 0. The van der Waals surface area contributed by atoms with E-state index in [-0.39, 0.29) is 5.56 Å². The lowest BCUT2D eigenvalue weighted by Gasteiger charge is -2.13. The van der Waals surface area contributed by atoms with Crippen molar-refractivity contribution in [2.75, 3.05) is 5.32 Å². The predicted molar refractivity (Wildman–Crippen MR) is 82.0 cm³/mol. The number of H-pyrrole nitrogens is 1. The van der Waals surface area contributed by atoms with Crippen LogP contribution < -0.4 is 10.9 Å². The Morgan fingerprint density at radius 1 is 1.27 bits per heavy atom. The summed E-state index contributed by atoms with van der Waals surface area (Å²) in [5.41, 5.74) is -0.252. The molecule has 0 aliphatic heterocycles. The van der Waals surface area contributed by atoms with Gasteiger partial charge in [-0.1, -0.05) is 17.7 Å². The van der Waals surface area contributed by atoms with Crippen molar-refractivity contribution >= 4 is 29.2 Å². The van der Waals surface area contributed by atoms with Crippen LogP contribution in [0.4, 0.5) is 5.69 Å². The van der Waals surface area contributed by atoms with Crippen molar-refractivity contribution in [2.24, 2.45) is 0 Å². The first-order valence-corrected chi connectivity index (χ1v) is 6.80. The van der Waals surface area contributed by atoms with Gasteiger partial charge < -0.3 is 15.0 Å². The van der Waals surface area contributed by atoms with E-state index in [0.29, 0.717) is 10.7 Å². The molecular weight excluding hydrogens is 308 g/mol. The second-order valence-electron chi connectivity index (χ2n) is 4.46. The van der Waals surface area contributed by atoms with E-state index in [9.17, 15) is 14.4 Å². The van der Waals surface area contributed by atoms with Crippen LogP contribution in [0.25, 0.3) is 0 Å². The molecule has 0 bridgehead atoms. The summed E-state index contributed by atoms with van der Waals surface area (Å²) in [4.78, 5) is 37.6. The lowest BCUT2D eigenvalue weighted by atomic mass is 10.2. The standard InChI is InChI=1S/C15H13ClN2O4/c1-9(13(19)18-11-5-2-4-10(16)8-11)22-15(21)12-6-3-7-17-14(12)20/h2-9H,1H3,(H,17,20)(H,18,19)/t9-/m0/s1. The average Bonchev–Trinajstić information content (AvgIpc) is 2.47. The van der Waals surface area contributed by atoms with Gasteiger partial charge in [0.15, 0.2) is 6.10 Å². The van der Waals surface area contributed by atoms with Crippen molar-refractivity contribution in [3.8, 4) is 0 Å². The van der Waals surface area contributed by atoms with E-state index in [0.717, 1.165) is 0 Å². The fourth-order valence-electron chi connectivity index (χ4n) is 1.67. The molecule has 7 heteroatoms. The Kier molecular flexibility index (Phi) is 4.95. The molecule has 0 radical (unpaired) electrons. The molecule has 0 saturated carbocycles. The highest BCUT2D eigenvalue weighted by molar-refractivity contribution is 6.30. The topological polar surface area (TPSA) is 88.3 Å². The molecule has 0 spiro atoms. The summed E-state index contributed by atoms with van der Waals surface area (Å²) >= 11 is 5.81. The molecule has 1 aromatic heterocycles. The maximum Gasteiger partial charge on any atom is 0.344 e. The SMILES string of the molecule is C[C@H](OC(=O)c1ccc[nH]c1=O)C(=O)Nc1cccc(Cl)c1. The summed E-state index contributed by atoms with van der Waals surface area (Å²) in [6.07, 6.45) is 0.333. The normalized spacial score (nSPS) is 11.5. The van der Waals surface area contributed by atoms with E-state index in [2.05, 4.69) is 10.3 Å². The predicted octanol–water partition coefficient (Wildman–Crippen LogP) is 2.21. The highest BCUT2D eigenvalue weighted by Crippen LogP contribution is 2.15. The van der Waals surface area contributed by atoms with Gasteiger partial charge in [0.2, 0.25) is 0 Å². The minimum atomic E-state index is -1.06. The minimum Gasteiger partial charge on any atom is -0.449 e. The highest BCUT2D eigenvalue weighted by atomic mass is 35.5. The molecule has 0 fully saturated rings. The number of rotatable bonds is 4. The summed E-state index contributed by atoms with van der Waals surface area (Å²) < 4.78 is 4.98. The number of hydrogen-bond donors (Lipinski definition) is 2. The molecule has 0 aliphatic rings. The molecule has 0 aliphatic carbocycles. The van der Waals surface area contributed by atoms with Crippen LogP contribution in [0.2, 0.25) is 5.02 Å². The van der Waals surface area contributed by atoms with E-state index in [1.807, 2.05) is 0 Å². The molecule has 2 N–H and O–H groups in total. The van der Waals surface area contributed by atoms with Crippen LogP contribution in [0.1, 0.15) is 17.3 Å². The number of carbonyl (C=O) groups excluding carboxylic acids is 2. The number of ether oxygens (including phenoxy) is 1. The van der Waals surface area contributed by atoms with Crippen molar-refractivity contribution < 1.29 is 14.3 Å². The van der Waals surface area contributed by atoms with Gasteiger partial charge in [0, 0.05) is 16.9 Å². The van der Waals surface area contributed by atoms with Gasteiger partial charge in [-0.15, -0.1) is 0 Å². The maximum absolute atomic E-state index is 12.0. The Bertz CT molecular complexity index is 757. The number of pyridine rings is 1. The Labute approximate surface area is 131 Å². The Morgan fingerprint density at radius 3 is 2.73 bits per heavy atom. The number of hydrogen-bond acceptors (Lipinski definition) is 4. The van der Waals surface area contributed by atoms with Gasteiger partial charge in [0.05, 0.1) is 0 Å². The zero-order chi connectivity index (χ0) is 16.1. The van der Waals surface area contributed by atoms with Crippen LogP contribution in [-0.4, -0.2) is 23.0 Å². The molecule has 22 heavy (non-hydrogen) atoms. The zero-order valence-electron chi connectivity index (χ0n) is 11.6. The third-order valence-corrected chi connectivity index (χ3v) is 3.02. The largest absolute Gasteiger partial charge is 0.449 e. The third kappa shape index (κ3) is 3.95. The van der Waals surface area contributed by atoms with Crippen molar-refractivity contribution in [1.82, 2.24) is 4.98 Å². The number of anilines is 1. The van der Waals surface area contributed by atoms with Crippen LogP contribution in [-0.2, 0) is 9.53 Å². The number of aromatic nitrogens is 1. The molecule has 0 unspecified atom stereocenters. The van der Waals surface area contributed by atoms with E-state index in [1.54, 1.807) is 24.3 Å². The number of esters is 1. The fraction of sp³-hybridized carbons (Fsp3) is 0.133. The van der Waals surface area contributed by atoms with Crippen LogP contribution in [0.3, 0.4) is 0 Å². The average molecular weight is 321 g/mol. The molecule has 1 aromatic carbocycles. The molecule has 1 amide bonds. The van der Waals surface area contributed by atoms with Crippen LogP contribution in [0.5, 0.6) is 0 Å². The molecule has 6 nitrogen and oxygen atoms in total. The minimum absolute atomic E-state index is 0.162. The molecule has 1 atom stereocenters. The summed E-state index contributed by atoms with van der Waals surface area (Å²) in [6, 6.07) is 9.38. The van der Waals surface area contributed by atoms with Gasteiger partial charge in [0.1, 0.15) is 5.56 Å². The Balaban J connectivity index is 2.01. The Hall–Kier alpha value is -2.60. The van der Waals surface area contributed by atoms with Gasteiger partial charge in [-0.2, -0.15) is 0 Å². The van der Waals surface area contributed by atoms with Crippen molar-refractivity contribution in [3.63, 3.8) is 0 Å². The molecule has 1 heterocycles. The molecular formula is C15H13ClN2O4. The summed E-state index contributed by atoms with van der Waals surface area (Å²) in [5, 5.41) is 3.04. The first kappa shape index (κ1) is 15.8. The second kappa shape index (κ2) is 6.91. The van der Waals surface area contributed by atoms with Gasteiger partial charge in [0.25, 0.3) is 11.5 Å². The second-order valence-corrected chi connectivity index (χ2v) is 4.90. The van der Waals surface area contributed by atoms with Crippen LogP contribution in [0, 0.1) is 0 Å². The van der Waals surface area contributed by atoms with E-state index < -0.39 is 23.5 Å². The zero-order valence-corrected chi connectivity index (χ0v) is 12.4. The van der Waals surface area contributed by atoms with Gasteiger partial charge in [-0.05, 0) is 37.3 Å². The quantitative estimate of drug-likeness (QED) is 0.845. The molecule has 0 saturated heterocycles. The molecule has 2 rings (SSSR count). The van der Waals surface area contributed by atoms with E-state index in [4.69, 9.17) is 16.3 Å². The van der Waals surface area contributed by atoms with Gasteiger partial charge >= 0.3 is 5.97 Å². The molecule has 114 valence electrons. The Morgan fingerprint density at radius 2 is 2.05 bits per heavy atom. The first-order valence-electron chi connectivity index (χ1n) is 6.42. The smallest absolute Gasteiger partial charge is 0.344 e.